The van der Waals surface area contributed by atoms with Crippen LogP contribution in [-0.4, -0.2) is 109 Å². The fourth-order valence-corrected chi connectivity index (χ4v) is 7.95. The number of fused-ring (bicyclic) bond motifs is 2. The van der Waals surface area contributed by atoms with E-state index in [9.17, 15) is 18.0 Å². The number of rotatable bonds is 8. The molecule has 0 bridgehead atoms. The normalized spacial score (nSPS) is 18.8. The monoisotopic (exact) mass is 727 g/mol. The number of esters is 1. The number of nitrogens with zero attached hydrogens (tertiary/aromatic N) is 5. The highest BCUT2D eigenvalue weighted by Crippen LogP contribution is 2.38. The summed E-state index contributed by atoms with van der Waals surface area (Å²) in [6.45, 7) is 11.2. The fourth-order valence-electron chi connectivity index (χ4n) is 6.94. The number of hydrogen-bond donors (Lipinski definition) is 0. The summed E-state index contributed by atoms with van der Waals surface area (Å²) in [5, 5.41) is 5.63. The van der Waals surface area contributed by atoms with Crippen molar-refractivity contribution in [1.29, 1.82) is 0 Å². The van der Waals surface area contributed by atoms with Crippen molar-refractivity contribution < 1.29 is 32.2 Å². The van der Waals surface area contributed by atoms with Crippen LogP contribution in [0.25, 0.3) is 22.4 Å². The van der Waals surface area contributed by atoms with E-state index in [-0.39, 0.29) is 13.1 Å². The first kappa shape index (κ1) is 36.3. The zero-order valence-corrected chi connectivity index (χ0v) is 31.0. The third-order valence-corrected chi connectivity index (χ3v) is 11.1. The van der Waals surface area contributed by atoms with Gasteiger partial charge < -0.3 is 14.2 Å². The number of amides is 1. The summed E-state index contributed by atoms with van der Waals surface area (Å²) in [7, 11) is -2.08. The van der Waals surface area contributed by atoms with Crippen molar-refractivity contribution >= 4 is 33.7 Å². The molecular formula is C36H46ClN5O7S. The molecule has 6 rings (SSSR count). The van der Waals surface area contributed by atoms with Gasteiger partial charge in [-0.1, -0.05) is 29.8 Å². The molecule has 1 saturated heterocycles. The Labute approximate surface area is 299 Å². The van der Waals surface area contributed by atoms with Gasteiger partial charge in [-0.05, 0) is 62.1 Å². The van der Waals surface area contributed by atoms with Crippen LogP contribution in [-0.2, 0) is 61.5 Å². The van der Waals surface area contributed by atoms with E-state index in [0.717, 1.165) is 90.6 Å². The third kappa shape index (κ3) is 8.02. The van der Waals surface area contributed by atoms with Gasteiger partial charge in [0.25, 0.3) is 0 Å². The van der Waals surface area contributed by atoms with Gasteiger partial charge in [-0.25, -0.2) is 18.0 Å². The Morgan fingerprint density at radius 3 is 2.44 bits per heavy atom. The molecule has 0 radical (unpaired) electrons. The Morgan fingerprint density at radius 2 is 1.74 bits per heavy atom. The Morgan fingerprint density at radius 1 is 1.00 bits per heavy atom. The van der Waals surface area contributed by atoms with Crippen LogP contribution in [0.2, 0.25) is 5.02 Å². The molecule has 14 heteroatoms. The van der Waals surface area contributed by atoms with Gasteiger partial charge >= 0.3 is 12.1 Å². The van der Waals surface area contributed by atoms with Crippen LogP contribution in [0.1, 0.15) is 49.6 Å². The van der Waals surface area contributed by atoms with Crippen molar-refractivity contribution in [1.82, 2.24) is 23.9 Å². The van der Waals surface area contributed by atoms with Crippen LogP contribution in [0.3, 0.4) is 0 Å². The molecule has 1 amide bonds. The summed E-state index contributed by atoms with van der Waals surface area (Å²) in [6, 6.07) is 10.9. The van der Waals surface area contributed by atoms with Crippen LogP contribution >= 0.6 is 11.6 Å². The molecule has 12 nitrogen and oxygen atoms in total. The molecule has 0 saturated carbocycles. The van der Waals surface area contributed by atoms with Crippen LogP contribution in [0, 0.1) is 0 Å². The maximum atomic E-state index is 13.2. The lowest BCUT2D eigenvalue weighted by molar-refractivity contribution is -0.147. The molecule has 0 spiro atoms. The van der Waals surface area contributed by atoms with E-state index < -0.39 is 33.7 Å². The zero-order chi connectivity index (χ0) is 35.8. The highest BCUT2D eigenvalue weighted by molar-refractivity contribution is 7.88. The molecule has 3 aliphatic rings. The van der Waals surface area contributed by atoms with Crippen LogP contribution in [0.5, 0.6) is 0 Å². The summed E-state index contributed by atoms with van der Waals surface area (Å²) < 4.78 is 45.0. The molecule has 3 aromatic rings. The molecule has 1 atom stereocenters. The molecule has 4 heterocycles. The molecule has 50 heavy (non-hydrogen) atoms. The van der Waals surface area contributed by atoms with Gasteiger partial charge in [-0.3, -0.25) is 14.5 Å². The molecule has 0 aliphatic carbocycles. The van der Waals surface area contributed by atoms with Crippen molar-refractivity contribution in [2.45, 2.75) is 71.3 Å². The smallest absolute Gasteiger partial charge is 0.411 e. The molecule has 0 unspecified atom stereocenters. The maximum Gasteiger partial charge on any atom is 0.411 e. The number of sulfonamides is 1. The second-order valence-corrected chi connectivity index (χ2v) is 16.6. The number of carbonyl (C=O) groups is 2. The summed E-state index contributed by atoms with van der Waals surface area (Å²) in [6.07, 6.45) is 2.46. The van der Waals surface area contributed by atoms with Gasteiger partial charge in [0.15, 0.2) is 0 Å². The first-order chi connectivity index (χ1) is 23.7. The van der Waals surface area contributed by atoms with Crippen molar-refractivity contribution in [3.63, 3.8) is 0 Å². The Bertz CT molecular complexity index is 1870. The first-order valence-corrected chi connectivity index (χ1v) is 19.3. The molecule has 1 aromatic heterocycles. The maximum absolute atomic E-state index is 13.2. The Hall–Kier alpha value is -3.49. The minimum Gasteiger partial charge on any atom is -0.467 e. The molecule has 2 aromatic carbocycles. The quantitative estimate of drug-likeness (QED) is 0.303. The molecule has 1 fully saturated rings. The van der Waals surface area contributed by atoms with Gasteiger partial charge in [0, 0.05) is 79.5 Å². The lowest BCUT2D eigenvalue weighted by atomic mass is 9.90. The van der Waals surface area contributed by atoms with Crippen molar-refractivity contribution in [3.8, 4) is 22.4 Å². The number of carbonyl (C=O) groups excluding carboxylic acids is 2. The average molecular weight is 728 g/mol. The highest BCUT2D eigenvalue weighted by Gasteiger charge is 2.38. The Kier molecular flexibility index (Phi) is 10.6. The van der Waals surface area contributed by atoms with Crippen molar-refractivity contribution in [3.05, 3.63) is 63.8 Å². The van der Waals surface area contributed by atoms with Gasteiger partial charge in [0.1, 0.15) is 11.6 Å². The average Bonchev–Trinajstić information content (AvgIpc) is 3.44. The first-order valence-electron chi connectivity index (χ1n) is 17.0. The summed E-state index contributed by atoms with van der Waals surface area (Å²) >= 11 is 6.84. The topological polar surface area (TPSA) is 124 Å². The van der Waals surface area contributed by atoms with E-state index in [4.69, 9.17) is 30.9 Å². The molecular weight excluding hydrogens is 682 g/mol. The largest absolute Gasteiger partial charge is 0.467 e. The van der Waals surface area contributed by atoms with E-state index in [1.807, 2.05) is 36.4 Å². The molecule has 270 valence electrons. The summed E-state index contributed by atoms with van der Waals surface area (Å²) in [4.78, 5) is 29.8. The second-order valence-electron chi connectivity index (χ2n) is 14.2. The second kappa shape index (κ2) is 14.6. The van der Waals surface area contributed by atoms with Crippen LogP contribution in [0.15, 0.2) is 36.4 Å². The summed E-state index contributed by atoms with van der Waals surface area (Å²) in [5.41, 5.74) is 6.24. The highest BCUT2D eigenvalue weighted by atomic mass is 35.5. The SMILES string of the molecule is COC(=O)[C@@H]1Cc2ccc(-c3cc(-c4nn(CCCN5CCOCC5)c5c4CN(S(C)(=O)=O)CC5)ccc3Cl)cc2CN1C(=O)OC(C)(C)C. The minimum absolute atomic E-state index is 0.166. The minimum atomic E-state index is -3.40. The zero-order valence-electron chi connectivity index (χ0n) is 29.4. The number of aromatic nitrogens is 2. The van der Waals surface area contributed by atoms with Gasteiger partial charge in [0.05, 0.1) is 38.8 Å². The van der Waals surface area contributed by atoms with E-state index in [1.165, 1.54) is 22.6 Å². The number of morpholine rings is 1. The lowest BCUT2D eigenvalue weighted by Gasteiger charge is -2.36. The van der Waals surface area contributed by atoms with Gasteiger partial charge in [0.2, 0.25) is 10.0 Å². The van der Waals surface area contributed by atoms with E-state index in [0.29, 0.717) is 24.4 Å². The van der Waals surface area contributed by atoms with Gasteiger partial charge in [-0.15, -0.1) is 0 Å². The Balaban J connectivity index is 1.32. The van der Waals surface area contributed by atoms with E-state index >= 15 is 0 Å². The van der Waals surface area contributed by atoms with E-state index in [1.54, 1.807) is 20.8 Å². The van der Waals surface area contributed by atoms with Gasteiger partial charge in [-0.2, -0.15) is 9.40 Å². The van der Waals surface area contributed by atoms with Crippen LogP contribution < -0.4 is 0 Å². The molecule has 0 N–H and O–H groups in total. The summed E-state index contributed by atoms with van der Waals surface area (Å²) in [5.74, 6) is -0.500. The fraction of sp³-hybridized carbons (Fsp3) is 0.528. The number of aryl methyl sites for hydroxylation is 1. The van der Waals surface area contributed by atoms with Crippen molar-refractivity contribution in [2.75, 3.05) is 52.8 Å². The number of hydrogen-bond acceptors (Lipinski definition) is 9. The third-order valence-electron chi connectivity index (χ3n) is 9.50. The number of benzene rings is 2. The number of ether oxygens (including phenoxy) is 3. The number of halogens is 1. The predicted molar refractivity (Wildman–Crippen MR) is 190 cm³/mol. The number of methoxy groups -OCH3 is 1. The lowest BCUT2D eigenvalue weighted by Crippen LogP contribution is -2.50. The van der Waals surface area contributed by atoms with Crippen molar-refractivity contribution in [2.24, 2.45) is 0 Å². The van der Waals surface area contributed by atoms with E-state index in [2.05, 4.69) is 9.58 Å². The van der Waals surface area contributed by atoms with Crippen LogP contribution in [0.4, 0.5) is 4.79 Å². The molecule has 3 aliphatic heterocycles. The predicted octanol–water partition coefficient (Wildman–Crippen LogP) is 4.75. The standard InChI is InChI=1S/C36H46ClN5O7S/c1-36(2,3)49-35(44)41-22-27-19-25(8-7-24(27)21-32(41)34(43)47-4)28-20-26(9-10-30(28)37)33-29-23-40(50(5,45)46)14-11-31(29)42(38-33)13-6-12-39-15-17-48-18-16-39/h7-10,19-20,32H,6,11-18,21-23H2,1-5H3/t32-/m0/s1.